The minimum Gasteiger partial charge on any atom is -0.495 e. The van der Waals surface area contributed by atoms with Gasteiger partial charge in [0.05, 0.1) is 31.2 Å². The van der Waals surface area contributed by atoms with Crippen molar-refractivity contribution in [2.45, 2.75) is 0 Å². The van der Waals surface area contributed by atoms with Gasteiger partial charge in [-0.3, -0.25) is 9.59 Å². The number of halogens is 1. The average molecular weight is 402 g/mol. The van der Waals surface area contributed by atoms with Crippen LogP contribution in [0.3, 0.4) is 0 Å². The van der Waals surface area contributed by atoms with Crippen LogP contribution >= 0.6 is 11.6 Å². The van der Waals surface area contributed by atoms with Gasteiger partial charge in [-0.1, -0.05) is 11.6 Å². The van der Waals surface area contributed by atoms with Crippen molar-refractivity contribution < 1.29 is 23.2 Å². The molecule has 0 unspecified atom stereocenters. The van der Waals surface area contributed by atoms with Gasteiger partial charge in [0.25, 0.3) is 11.8 Å². The number of rotatable bonds is 7. The van der Waals surface area contributed by atoms with Crippen LogP contribution in [0.5, 0.6) is 5.75 Å². The van der Waals surface area contributed by atoms with Crippen LogP contribution in [0.15, 0.2) is 62.7 Å². The lowest BCUT2D eigenvalue weighted by molar-refractivity contribution is -0.120. The summed E-state index contributed by atoms with van der Waals surface area (Å²) in [6.45, 7) is -0.245. The molecular formula is C19H16ClN3O5. The number of carbonyl (C=O) groups is 2. The Morgan fingerprint density at radius 2 is 2.11 bits per heavy atom. The van der Waals surface area contributed by atoms with Gasteiger partial charge in [0, 0.05) is 5.56 Å². The molecule has 1 aromatic carbocycles. The molecule has 0 aliphatic heterocycles. The Labute approximate surface area is 165 Å². The lowest BCUT2D eigenvalue weighted by atomic mass is 10.2. The molecule has 2 amide bonds. The molecule has 2 heterocycles. The van der Waals surface area contributed by atoms with Crippen LogP contribution in [0.4, 0.5) is 0 Å². The highest BCUT2D eigenvalue weighted by molar-refractivity contribution is 6.32. The molecule has 0 aliphatic carbocycles. The molecule has 28 heavy (non-hydrogen) atoms. The normalized spacial score (nSPS) is 10.8. The van der Waals surface area contributed by atoms with Crippen molar-refractivity contribution in [3.8, 4) is 17.1 Å². The Morgan fingerprint density at radius 1 is 1.25 bits per heavy atom. The van der Waals surface area contributed by atoms with E-state index in [1.54, 1.807) is 37.4 Å². The Kier molecular flexibility index (Phi) is 6.13. The van der Waals surface area contributed by atoms with Gasteiger partial charge < -0.3 is 18.9 Å². The predicted octanol–water partition coefficient (Wildman–Crippen LogP) is 3.08. The van der Waals surface area contributed by atoms with Gasteiger partial charge in [-0.25, -0.2) is 5.43 Å². The van der Waals surface area contributed by atoms with E-state index in [1.807, 2.05) is 6.07 Å². The highest BCUT2D eigenvalue weighted by Gasteiger charge is 2.10. The maximum atomic E-state index is 11.7. The molecule has 0 spiro atoms. The number of amides is 2. The van der Waals surface area contributed by atoms with E-state index in [-0.39, 0.29) is 12.3 Å². The third-order valence-electron chi connectivity index (χ3n) is 3.60. The lowest BCUT2D eigenvalue weighted by Crippen LogP contribution is -2.34. The van der Waals surface area contributed by atoms with E-state index in [1.165, 1.54) is 18.5 Å². The molecule has 9 heteroatoms. The molecule has 0 saturated carbocycles. The zero-order valence-corrected chi connectivity index (χ0v) is 15.5. The van der Waals surface area contributed by atoms with Crippen molar-refractivity contribution in [3.05, 3.63) is 65.3 Å². The van der Waals surface area contributed by atoms with Gasteiger partial charge in [0.15, 0.2) is 5.76 Å². The minimum atomic E-state index is -0.495. The first kappa shape index (κ1) is 19.2. The molecule has 0 aliphatic rings. The van der Waals surface area contributed by atoms with Gasteiger partial charge in [-0.15, -0.1) is 0 Å². The van der Waals surface area contributed by atoms with Gasteiger partial charge >= 0.3 is 0 Å². The number of furan rings is 2. The summed E-state index contributed by atoms with van der Waals surface area (Å²) in [7, 11) is 1.54. The van der Waals surface area contributed by atoms with E-state index in [9.17, 15) is 9.59 Å². The third-order valence-corrected chi connectivity index (χ3v) is 3.89. The molecule has 0 saturated heterocycles. The van der Waals surface area contributed by atoms with Gasteiger partial charge in [-0.05, 0) is 42.5 Å². The van der Waals surface area contributed by atoms with Crippen molar-refractivity contribution in [2.24, 2.45) is 5.10 Å². The van der Waals surface area contributed by atoms with E-state index in [0.717, 1.165) is 5.56 Å². The summed E-state index contributed by atoms with van der Waals surface area (Å²) in [6, 6.07) is 11.8. The number of nitrogens with zero attached hydrogens (tertiary/aromatic N) is 1. The third kappa shape index (κ3) is 4.80. The molecule has 0 radical (unpaired) electrons. The molecule has 0 fully saturated rings. The van der Waals surface area contributed by atoms with Crippen LogP contribution in [0.2, 0.25) is 5.02 Å². The second kappa shape index (κ2) is 8.92. The fourth-order valence-electron chi connectivity index (χ4n) is 2.26. The van der Waals surface area contributed by atoms with Crippen LogP contribution in [0, 0.1) is 0 Å². The number of hydrogen-bond acceptors (Lipinski definition) is 6. The van der Waals surface area contributed by atoms with E-state index in [2.05, 4.69) is 15.8 Å². The fourth-order valence-corrected chi connectivity index (χ4v) is 2.52. The quantitative estimate of drug-likeness (QED) is 0.467. The minimum absolute atomic E-state index is 0.123. The van der Waals surface area contributed by atoms with Crippen LogP contribution in [0.25, 0.3) is 11.3 Å². The molecule has 0 atom stereocenters. The first-order chi connectivity index (χ1) is 13.6. The number of methoxy groups -OCH3 is 1. The van der Waals surface area contributed by atoms with Crippen LogP contribution < -0.4 is 15.5 Å². The van der Waals surface area contributed by atoms with Gasteiger partial charge in [0.1, 0.15) is 17.3 Å². The van der Waals surface area contributed by atoms with Gasteiger partial charge in [-0.2, -0.15) is 5.10 Å². The van der Waals surface area contributed by atoms with Crippen LogP contribution in [0.1, 0.15) is 16.3 Å². The van der Waals surface area contributed by atoms with Crippen molar-refractivity contribution in [2.75, 3.05) is 13.7 Å². The van der Waals surface area contributed by atoms with Crippen molar-refractivity contribution >= 4 is 29.6 Å². The SMILES string of the molecule is COc1ccc(-c2ccc(C=NNC(=O)CNC(=O)c3ccco3)o2)cc1Cl. The first-order valence-electron chi connectivity index (χ1n) is 8.14. The summed E-state index contributed by atoms with van der Waals surface area (Å²) in [6.07, 6.45) is 2.72. The number of hydrogen-bond donors (Lipinski definition) is 2. The Bertz CT molecular complexity index is 995. The molecule has 2 aromatic heterocycles. The standard InChI is InChI=1S/C19H16ClN3O5/c1-26-16-6-4-12(9-14(16)20)15-7-5-13(28-15)10-22-23-18(24)11-21-19(25)17-3-2-8-27-17/h2-10H,11H2,1H3,(H,21,25)(H,23,24). The zero-order chi connectivity index (χ0) is 19.9. The molecule has 3 rings (SSSR count). The summed E-state index contributed by atoms with van der Waals surface area (Å²) < 4.78 is 15.7. The summed E-state index contributed by atoms with van der Waals surface area (Å²) in [5.41, 5.74) is 3.07. The van der Waals surface area contributed by atoms with E-state index >= 15 is 0 Å². The summed E-state index contributed by atoms with van der Waals surface area (Å²) in [4.78, 5) is 23.4. The Morgan fingerprint density at radius 3 is 2.82 bits per heavy atom. The smallest absolute Gasteiger partial charge is 0.287 e. The van der Waals surface area contributed by atoms with Crippen LogP contribution in [-0.2, 0) is 4.79 Å². The highest BCUT2D eigenvalue weighted by Crippen LogP contribution is 2.30. The largest absolute Gasteiger partial charge is 0.495 e. The number of hydrazone groups is 1. The molecule has 0 bridgehead atoms. The maximum Gasteiger partial charge on any atom is 0.287 e. The summed E-state index contributed by atoms with van der Waals surface area (Å²) in [5.74, 6) is 0.728. The number of nitrogens with one attached hydrogen (secondary N) is 2. The van der Waals surface area contributed by atoms with E-state index < -0.39 is 11.8 Å². The molecule has 2 N–H and O–H groups in total. The number of ether oxygens (including phenoxy) is 1. The fraction of sp³-hybridized carbons (Fsp3) is 0.105. The number of carbonyl (C=O) groups excluding carboxylic acids is 2. The molecule has 8 nitrogen and oxygen atoms in total. The summed E-state index contributed by atoms with van der Waals surface area (Å²) in [5, 5.41) is 6.67. The predicted molar refractivity (Wildman–Crippen MR) is 102 cm³/mol. The topological polar surface area (TPSA) is 106 Å². The van der Waals surface area contributed by atoms with Gasteiger partial charge in [0.2, 0.25) is 0 Å². The monoisotopic (exact) mass is 401 g/mol. The Balaban J connectivity index is 1.52. The van der Waals surface area contributed by atoms with E-state index in [0.29, 0.717) is 22.3 Å². The Hall–Kier alpha value is -3.52. The van der Waals surface area contributed by atoms with Crippen molar-refractivity contribution in [1.82, 2.24) is 10.7 Å². The second-order valence-corrected chi connectivity index (χ2v) is 5.91. The first-order valence-corrected chi connectivity index (χ1v) is 8.52. The summed E-state index contributed by atoms with van der Waals surface area (Å²) >= 11 is 6.11. The number of benzene rings is 1. The maximum absolute atomic E-state index is 11.7. The van der Waals surface area contributed by atoms with Crippen molar-refractivity contribution in [3.63, 3.8) is 0 Å². The zero-order valence-electron chi connectivity index (χ0n) is 14.8. The lowest BCUT2D eigenvalue weighted by Gasteiger charge is -2.04. The molecular weight excluding hydrogens is 386 g/mol. The molecule has 3 aromatic rings. The second-order valence-electron chi connectivity index (χ2n) is 5.50. The average Bonchev–Trinajstić information content (AvgIpc) is 3.38. The van der Waals surface area contributed by atoms with Crippen LogP contribution in [-0.4, -0.2) is 31.7 Å². The van der Waals surface area contributed by atoms with Crippen molar-refractivity contribution in [1.29, 1.82) is 0 Å². The highest BCUT2D eigenvalue weighted by atomic mass is 35.5. The van der Waals surface area contributed by atoms with E-state index in [4.69, 9.17) is 25.2 Å². The molecule has 144 valence electrons.